The molecule has 0 saturated heterocycles. The van der Waals surface area contributed by atoms with Gasteiger partial charge in [-0.05, 0) is 42.3 Å². The molecule has 0 amide bonds. The highest BCUT2D eigenvalue weighted by atomic mass is 32.1. The summed E-state index contributed by atoms with van der Waals surface area (Å²) in [5.41, 5.74) is 2.12. The van der Waals surface area contributed by atoms with Crippen LogP contribution in [0.1, 0.15) is 21.5 Å². The lowest BCUT2D eigenvalue weighted by Gasteiger charge is -2.05. The van der Waals surface area contributed by atoms with Gasteiger partial charge in [-0.2, -0.15) is 10.5 Å². The van der Waals surface area contributed by atoms with E-state index in [-0.39, 0.29) is 15.8 Å². The summed E-state index contributed by atoms with van der Waals surface area (Å²) in [5.74, 6) is -0.445. The predicted octanol–water partition coefficient (Wildman–Crippen LogP) is 2.02. The van der Waals surface area contributed by atoms with Crippen LogP contribution in [-0.4, -0.2) is 17.6 Å². The standard InChI is InChI=1S/C22H15N3O3S/c1-14-5-3-4-6-18(14)25-20(26)19(29-21(25)17(12-23)13-24)11-15-7-9-16(10-8-15)22(27)28-2/h3-11H,1-2H3/b19-11-. The van der Waals surface area contributed by atoms with Crippen LogP contribution in [0.25, 0.3) is 17.3 Å². The minimum Gasteiger partial charge on any atom is -0.465 e. The van der Waals surface area contributed by atoms with Crippen molar-refractivity contribution >= 4 is 29.0 Å². The highest BCUT2D eigenvalue weighted by molar-refractivity contribution is 7.07. The molecule has 0 spiro atoms. The summed E-state index contributed by atoms with van der Waals surface area (Å²) in [6, 6.07) is 17.6. The van der Waals surface area contributed by atoms with Gasteiger partial charge in [-0.1, -0.05) is 30.3 Å². The Hall–Kier alpha value is -3.94. The topological polar surface area (TPSA) is 95.9 Å². The van der Waals surface area contributed by atoms with Gasteiger partial charge in [-0.25, -0.2) is 4.79 Å². The third-order valence-corrected chi connectivity index (χ3v) is 5.34. The van der Waals surface area contributed by atoms with E-state index in [1.165, 1.54) is 11.7 Å². The maximum Gasteiger partial charge on any atom is 0.337 e. The molecule has 0 radical (unpaired) electrons. The van der Waals surface area contributed by atoms with Crippen LogP contribution < -0.4 is 14.8 Å². The smallest absolute Gasteiger partial charge is 0.337 e. The van der Waals surface area contributed by atoms with E-state index in [0.717, 1.165) is 16.9 Å². The zero-order valence-corrected chi connectivity index (χ0v) is 16.5. The molecule has 3 aromatic rings. The SMILES string of the molecule is COC(=O)c1ccc(/C=c2\sc(=C(C#N)C#N)n(-c3ccccc3C)c2=O)cc1. The minimum atomic E-state index is -0.445. The van der Waals surface area contributed by atoms with Crippen LogP contribution in [0.3, 0.4) is 0 Å². The summed E-state index contributed by atoms with van der Waals surface area (Å²) in [4.78, 5) is 24.7. The molecule has 1 aromatic heterocycles. The van der Waals surface area contributed by atoms with E-state index in [2.05, 4.69) is 4.74 Å². The fourth-order valence-corrected chi connectivity index (χ4v) is 3.84. The summed E-state index contributed by atoms with van der Waals surface area (Å²) in [6.45, 7) is 1.86. The van der Waals surface area contributed by atoms with E-state index < -0.39 is 5.97 Å². The Labute approximate surface area is 170 Å². The van der Waals surface area contributed by atoms with Gasteiger partial charge in [0, 0.05) is 0 Å². The first-order chi connectivity index (χ1) is 14.0. The Kier molecular flexibility index (Phi) is 5.73. The number of methoxy groups -OCH3 is 1. The molecule has 0 aliphatic rings. The number of benzene rings is 2. The maximum absolute atomic E-state index is 13.1. The molecule has 6 nitrogen and oxygen atoms in total. The number of rotatable bonds is 3. The van der Waals surface area contributed by atoms with Crippen molar-refractivity contribution in [2.24, 2.45) is 0 Å². The number of aromatic nitrogens is 1. The number of ether oxygens (including phenoxy) is 1. The molecule has 0 fully saturated rings. The second-order valence-corrected chi connectivity index (χ2v) is 7.09. The third-order valence-electron chi connectivity index (χ3n) is 4.25. The summed E-state index contributed by atoms with van der Waals surface area (Å²) in [5, 5.41) is 18.7. The molecule has 7 heteroatoms. The Bertz CT molecular complexity index is 1330. The predicted molar refractivity (Wildman–Crippen MR) is 110 cm³/mol. The first-order valence-corrected chi connectivity index (χ1v) is 9.34. The molecule has 0 aliphatic heterocycles. The van der Waals surface area contributed by atoms with E-state index in [4.69, 9.17) is 0 Å². The molecular formula is C22H15N3O3S. The van der Waals surface area contributed by atoms with Gasteiger partial charge in [0.2, 0.25) is 0 Å². The van der Waals surface area contributed by atoms with E-state index >= 15 is 0 Å². The van der Waals surface area contributed by atoms with Crippen molar-refractivity contribution in [2.45, 2.75) is 6.92 Å². The minimum absolute atomic E-state index is 0.129. The first-order valence-electron chi connectivity index (χ1n) is 8.52. The summed E-state index contributed by atoms with van der Waals surface area (Å²) in [7, 11) is 1.31. The summed E-state index contributed by atoms with van der Waals surface area (Å²) < 4.78 is 6.73. The zero-order chi connectivity index (χ0) is 21.0. The molecule has 2 aromatic carbocycles. The van der Waals surface area contributed by atoms with Crippen LogP contribution in [0.15, 0.2) is 53.3 Å². The molecule has 3 rings (SSSR count). The van der Waals surface area contributed by atoms with Crippen molar-refractivity contribution in [3.8, 4) is 17.8 Å². The molecule has 29 heavy (non-hydrogen) atoms. The van der Waals surface area contributed by atoms with Crippen LogP contribution in [0.2, 0.25) is 0 Å². The van der Waals surface area contributed by atoms with Crippen molar-refractivity contribution in [3.05, 3.63) is 84.8 Å². The van der Waals surface area contributed by atoms with E-state index in [1.54, 1.807) is 42.5 Å². The van der Waals surface area contributed by atoms with Crippen molar-refractivity contribution in [1.29, 1.82) is 10.5 Å². The molecular weight excluding hydrogens is 386 g/mol. The number of hydrogen-bond donors (Lipinski definition) is 0. The fraction of sp³-hybridized carbons (Fsp3) is 0.0909. The van der Waals surface area contributed by atoms with E-state index in [9.17, 15) is 20.1 Å². The largest absolute Gasteiger partial charge is 0.465 e. The maximum atomic E-state index is 13.1. The Balaban J connectivity index is 2.28. The van der Waals surface area contributed by atoms with E-state index in [1.807, 2.05) is 31.2 Å². The Morgan fingerprint density at radius 2 is 1.76 bits per heavy atom. The number of hydrogen-bond acceptors (Lipinski definition) is 6. The number of esters is 1. The summed E-state index contributed by atoms with van der Waals surface area (Å²) in [6.07, 6.45) is 1.67. The Morgan fingerprint density at radius 1 is 1.10 bits per heavy atom. The van der Waals surface area contributed by atoms with Gasteiger partial charge in [0.05, 0.1) is 22.9 Å². The average molecular weight is 401 g/mol. The van der Waals surface area contributed by atoms with Gasteiger partial charge in [-0.3, -0.25) is 9.36 Å². The fourth-order valence-electron chi connectivity index (χ4n) is 2.79. The monoisotopic (exact) mass is 401 g/mol. The zero-order valence-electron chi connectivity index (χ0n) is 15.7. The molecule has 1 heterocycles. The van der Waals surface area contributed by atoms with Crippen molar-refractivity contribution in [2.75, 3.05) is 7.11 Å². The third kappa shape index (κ3) is 3.86. The number of aryl methyl sites for hydroxylation is 1. The second-order valence-electron chi connectivity index (χ2n) is 6.06. The first kappa shape index (κ1) is 19.8. The van der Waals surface area contributed by atoms with Crippen LogP contribution in [0.4, 0.5) is 0 Å². The van der Waals surface area contributed by atoms with Gasteiger partial charge in [-0.15, -0.1) is 11.3 Å². The number of thiazole rings is 1. The van der Waals surface area contributed by atoms with Crippen LogP contribution in [-0.2, 0) is 4.74 Å². The quantitative estimate of drug-likeness (QED) is 0.626. The van der Waals surface area contributed by atoms with Crippen molar-refractivity contribution in [1.82, 2.24) is 4.57 Å². The summed E-state index contributed by atoms with van der Waals surface area (Å²) >= 11 is 1.08. The highest BCUT2D eigenvalue weighted by Crippen LogP contribution is 2.10. The lowest BCUT2D eigenvalue weighted by Crippen LogP contribution is -2.31. The Morgan fingerprint density at radius 3 is 2.34 bits per heavy atom. The molecule has 0 aliphatic carbocycles. The number of para-hydroxylation sites is 1. The molecule has 0 bridgehead atoms. The van der Waals surface area contributed by atoms with Crippen molar-refractivity contribution < 1.29 is 9.53 Å². The average Bonchev–Trinajstić information content (AvgIpc) is 3.05. The van der Waals surface area contributed by atoms with E-state index in [0.29, 0.717) is 21.3 Å². The molecule has 0 unspecified atom stereocenters. The van der Waals surface area contributed by atoms with Gasteiger partial charge < -0.3 is 4.74 Å². The van der Waals surface area contributed by atoms with Gasteiger partial charge >= 0.3 is 5.97 Å². The van der Waals surface area contributed by atoms with Crippen molar-refractivity contribution in [3.63, 3.8) is 0 Å². The van der Waals surface area contributed by atoms with Crippen LogP contribution >= 0.6 is 11.3 Å². The number of nitrogens with zero attached hydrogens (tertiary/aromatic N) is 3. The number of carbonyl (C=O) groups is 1. The molecule has 142 valence electrons. The van der Waals surface area contributed by atoms with Gasteiger partial charge in [0.25, 0.3) is 5.56 Å². The normalized spacial score (nSPS) is 10.8. The molecule has 0 atom stereocenters. The van der Waals surface area contributed by atoms with Gasteiger partial charge in [0.15, 0.2) is 5.57 Å². The number of nitriles is 2. The lowest BCUT2D eigenvalue weighted by molar-refractivity contribution is 0.0600. The second kappa shape index (κ2) is 8.39. The highest BCUT2D eigenvalue weighted by Gasteiger charge is 2.13. The van der Waals surface area contributed by atoms with Gasteiger partial charge in [0.1, 0.15) is 16.8 Å². The lowest BCUT2D eigenvalue weighted by atomic mass is 10.1. The van der Waals surface area contributed by atoms with Crippen LogP contribution in [0.5, 0.6) is 0 Å². The number of carbonyl (C=O) groups excluding carboxylic acids is 1. The van der Waals surface area contributed by atoms with Crippen LogP contribution in [0, 0.1) is 29.6 Å². The molecule has 0 N–H and O–H groups in total. The molecule has 0 saturated carbocycles.